The molecule has 2 heterocycles. The Bertz CT molecular complexity index is 934. The van der Waals surface area contributed by atoms with Gasteiger partial charge in [0.05, 0.1) is 17.2 Å². The summed E-state index contributed by atoms with van der Waals surface area (Å²) >= 11 is 1.38. The van der Waals surface area contributed by atoms with Crippen molar-refractivity contribution in [2.75, 3.05) is 5.32 Å². The topological polar surface area (TPSA) is 102 Å². The van der Waals surface area contributed by atoms with Gasteiger partial charge in [-0.25, -0.2) is 4.98 Å². The number of nitro groups is 1. The van der Waals surface area contributed by atoms with Gasteiger partial charge in [-0.3, -0.25) is 14.9 Å². The Hall–Kier alpha value is -2.81. The summed E-state index contributed by atoms with van der Waals surface area (Å²) in [6.45, 7) is 2.26. The van der Waals surface area contributed by atoms with Gasteiger partial charge in [-0.15, -0.1) is 0 Å². The van der Waals surface area contributed by atoms with Crippen molar-refractivity contribution in [2.24, 2.45) is 0 Å². The van der Waals surface area contributed by atoms with E-state index in [0.717, 1.165) is 11.4 Å². The van der Waals surface area contributed by atoms with E-state index < -0.39 is 4.92 Å². The molecule has 118 valence electrons. The maximum Gasteiger partial charge on any atom is 0.275 e. The number of aromatic nitrogens is 3. The minimum Gasteiger partial charge on any atom is -0.379 e. The molecule has 1 aromatic carbocycles. The van der Waals surface area contributed by atoms with Gasteiger partial charge in [0, 0.05) is 23.9 Å². The molecular weight excluding hydrogens is 318 g/mol. The number of aryl methyl sites for hydroxylation is 1. The van der Waals surface area contributed by atoms with Crippen LogP contribution in [0.2, 0.25) is 0 Å². The lowest BCUT2D eigenvalue weighted by molar-refractivity contribution is -0.384. The van der Waals surface area contributed by atoms with Gasteiger partial charge in [-0.05, 0) is 12.5 Å². The maximum absolute atomic E-state index is 12.0. The lowest BCUT2D eigenvalue weighted by atomic mass is 10.2. The maximum atomic E-state index is 12.0. The first kappa shape index (κ1) is 15.1. The summed E-state index contributed by atoms with van der Waals surface area (Å²) in [5.74, 6) is 0. The van der Waals surface area contributed by atoms with E-state index in [1.54, 1.807) is 12.1 Å². The minimum absolute atomic E-state index is 0.00789. The first-order valence-electron chi connectivity index (χ1n) is 6.94. The van der Waals surface area contributed by atoms with E-state index in [4.69, 9.17) is 0 Å². The highest BCUT2D eigenvalue weighted by molar-refractivity contribution is 7.16. The Morgan fingerprint density at radius 3 is 2.96 bits per heavy atom. The van der Waals surface area contributed by atoms with Crippen molar-refractivity contribution in [3.8, 4) is 0 Å². The predicted molar refractivity (Wildman–Crippen MR) is 86.9 cm³/mol. The van der Waals surface area contributed by atoms with Crippen molar-refractivity contribution in [1.29, 1.82) is 0 Å². The second-order valence-electron chi connectivity index (χ2n) is 4.79. The molecule has 3 aromatic rings. The Kier molecular flexibility index (Phi) is 4.02. The summed E-state index contributed by atoms with van der Waals surface area (Å²) in [7, 11) is 0. The van der Waals surface area contributed by atoms with Gasteiger partial charge in [0.2, 0.25) is 4.96 Å². The molecule has 0 aliphatic carbocycles. The van der Waals surface area contributed by atoms with Gasteiger partial charge in [0.1, 0.15) is 5.01 Å². The second-order valence-corrected chi connectivity index (χ2v) is 5.83. The molecular formula is C14H13N5O3S. The number of non-ortho nitro benzene ring substituents is 1. The number of hydrogen-bond acceptors (Lipinski definition) is 7. The number of nitrogens with one attached hydrogen (secondary N) is 1. The normalized spacial score (nSPS) is 10.8. The van der Waals surface area contributed by atoms with Gasteiger partial charge in [-0.1, -0.05) is 24.3 Å². The summed E-state index contributed by atoms with van der Waals surface area (Å²) in [5.41, 5.74) is 0.933. The molecule has 0 amide bonds. The molecule has 3 rings (SSSR count). The van der Waals surface area contributed by atoms with Crippen molar-refractivity contribution in [3.05, 3.63) is 61.5 Å². The molecule has 0 spiro atoms. The fraction of sp³-hybridized carbons (Fsp3) is 0.214. The van der Waals surface area contributed by atoms with E-state index in [-0.39, 0.29) is 11.2 Å². The number of nitro benzene ring substituents is 1. The van der Waals surface area contributed by atoms with Crippen LogP contribution in [0.25, 0.3) is 4.96 Å². The average Bonchev–Trinajstić information content (AvgIpc) is 2.97. The SMILES string of the molecule is CCc1nn2c(=O)cc(CNc3cccc([N+](=O)[O-])c3)nc2s1. The van der Waals surface area contributed by atoms with E-state index in [1.165, 1.54) is 34.1 Å². The highest BCUT2D eigenvalue weighted by atomic mass is 32.1. The van der Waals surface area contributed by atoms with Gasteiger partial charge in [0.25, 0.3) is 11.2 Å². The quantitative estimate of drug-likeness (QED) is 0.568. The third-order valence-corrected chi connectivity index (χ3v) is 4.23. The number of nitrogens with zero attached hydrogens (tertiary/aromatic N) is 4. The van der Waals surface area contributed by atoms with Crippen molar-refractivity contribution in [1.82, 2.24) is 14.6 Å². The molecule has 0 aliphatic rings. The monoisotopic (exact) mass is 331 g/mol. The molecule has 0 saturated heterocycles. The minimum atomic E-state index is -0.453. The molecule has 0 bridgehead atoms. The third kappa shape index (κ3) is 3.19. The van der Waals surface area contributed by atoms with E-state index in [2.05, 4.69) is 15.4 Å². The number of fused-ring (bicyclic) bond motifs is 1. The molecule has 0 unspecified atom stereocenters. The molecule has 1 N–H and O–H groups in total. The highest BCUT2D eigenvalue weighted by Crippen LogP contribution is 2.18. The number of benzene rings is 1. The van der Waals surface area contributed by atoms with Crippen molar-refractivity contribution >= 4 is 27.7 Å². The van der Waals surface area contributed by atoms with Crippen LogP contribution in [0.3, 0.4) is 0 Å². The molecule has 9 heteroatoms. The Labute approximate surface area is 134 Å². The molecule has 2 aromatic heterocycles. The average molecular weight is 331 g/mol. The van der Waals surface area contributed by atoms with Crippen LogP contribution in [0, 0.1) is 10.1 Å². The van der Waals surface area contributed by atoms with Crippen LogP contribution < -0.4 is 10.9 Å². The lowest BCUT2D eigenvalue weighted by Gasteiger charge is -2.05. The molecule has 0 fully saturated rings. The Morgan fingerprint density at radius 1 is 1.39 bits per heavy atom. The van der Waals surface area contributed by atoms with Crippen LogP contribution in [0.4, 0.5) is 11.4 Å². The van der Waals surface area contributed by atoms with E-state index in [0.29, 0.717) is 22.9 Å². The predicted octanol–water partition coefficient (Wildman–Crippen LogP) is 2.23. The van der Waals surface area contributed by atoms with Gasteiger partial charge in [-0.2, -0.15) is 9.61 Å². The van der Waals surface area contributed by atoms with Gasteiger partial charge >= 0.3 is 0 Å². The summed E-state index contributed by atoms with van der Waals surface area (Å²) < 4.78 is 1.29. The number of anilines is 1. The summed E-state index contributed by atoms with van der Waals surface area (Å²) in [5, 5.41) is 18.8. The number of rotatable bonds is 5. The molecule has 8 nitrogen and oxygen atoms in total. The molecule has 0 aliphatic heterocycles. The summed E-state index contributed by atoms with van der Waals surface area (Å²) in [6, 6.07) is 7.60. The smallest absolute Gasteiger partial charge is 0.275 e. The van der Waals surface area contributed by atoms with Crippen LogP contribution in [0.15, 0.2) is 35.1 Å². The third-order valence-electron chi connectivity index (χ3n) is 3.17. The zero-order valence-electron chi connectivity index (χ0n) is 12.2. The van der Waals surface area contributed by atoms with Crippen LogP contribution in [0.5, 0.6) is 0 Å². The van der Waals surface area contributed by atoms with Crippen LogP contribution >= 0.6 is 11.3 Å². The largest absolute Gasteiger partial charge is 0.379 e. The Balaban J connectivity index is 1.83. The number of hydrogen-bond donors (Lipinski definition) is 1. The zero-order valence-corrected chi connectivity index (χ0v) is 13.0. The second kappa shape index (κ2) is 6.13. The van der Waals surface area contributed by atoms with E-state index in [9.17, 15) is 14.9 Å². The molecule has 0 saturated carbocycles. The molecule has 0 radical (unpaired) electrons. The van der Waals surface area contributed by atoms with E-state index >= 15 is 0 Å². The molecule has 23 heavy (non-hydrogen) atoms. The molecule has 0 atom stereocenters. The summed E-state index contributed by atoms with van der Waals surface area (Å²) in [4.78, 5) is 27.3. The lowest BCUT2D eigenvalue weighted by Crippen LogP contribution is -2.16. The van der Waals surface area contributed by atoms with Crippen LogP contribution in [-0.2, 0) is 13.0 Å². The van der Waals surface area contributed by atoms with Crippen LogP contribution in [-0.4, -0.2) is 19.5 Å². The van der Waals surface area contributed by atoms with Gasteiger partial charge in [0.15, 0.2) is 0 Å². The van der Waals surface area contributed by atoms with Crippen molar-refractivity contribution in [3.63, 3.8) is 0 Å². The fourth-order valence-corrected chi connectivity index (χ4v) is 2.91. The van der Waals surface area contributed by atoms with Gasteiger partial charge < -0.3 is 5.32 Å². The standard InChI is InChI=1S/C14H13N5O3S/c1-2-12-17-18-13(20)7-10(16-14(18)23-12)8-15-9-4-3-5-11(6-9)19(21)22/h3-7,15H,2,8H2,1H3. The zero-order chi connectivity index (χ0) is 16.4. The van der Waals surface area contributed by atoms with Crippen molar-refractivity contribution in [2.45, 2.75) is 19.9 Å². The highest BCUT2D eigenvalue weighted by Gasteiger charge is 2.09. The first-order chi connectivity index (χ1) is 11.1. The van der Waals surface area contributed by atoms with E-state index in [1.807, 2.05) is 6.92 Å². The fourth-order valence-electron chi connectivity index (χ4n) is 2.05. The Morgan fingerprint density at radius 2 is 2.22 bits per heavy atom. The first-order valence-corrected chi connectivity index (χ1v) is 7.75. The van der Waals surface area contributed by atoms with Crippen LogP contribution in [0.1, 0.15) is 17.6 Å². The van der Waals surface area contributed by atoms with Crippen molar-refractivity contribution < 1.29 is 4.92 Å². The summed E-state index contributed by atoms with van der Waals surface area (Å²) in [6.07, 6.45) is 0.745.